The van der Waals surface area contributed by atoms with Crippen LogP contribution in [0.15, 0.2) is 60.8 Å². The molecule has 9 heteroatoms. The number of anilines is 1. The predicted octanol–water partition coefficient (Wildman–Crippen LogP) is 3.90. The molecule has 0 spiro atoms. The van der Waals surface area contributed by atoms with Crippen molar-refractivity contribution in [3.63, 3.8) is 0 Å². The van der Waals surface area contributed by atoms with Gasteiger partial charge < -0.3 is 25.0 Å². The van der Waals surface area contributed by atoms with E-state index in [4.69, 9.17) is 16.3 Å². The molecule has 0 bridgehead atoms. The molecular weight excluding hydrogens is 497 g/mol. The average molecular weight is 530 g/mol. The number of halogens is 2. The molecule has 1 saturated heterocycles. The maximum atomic E-state index is 13.7. The van der Waals surface area contributed by atoms with Crippen molar-refractivity contribution in [3.8, 4) is 5.75 Å². The Balaban J connectivity index is 1.57. The lowest BCUT2D eigenvalue weighted by Crippen LogP contribution is -2.52. The average Bonchev–Trinajstić information content (AvgIpc) is 2.88. The Morgan fingerprint density at radius 2 is 1.92 bits per heavy atom. The molecule has 2 aromatic carbocycles. The van der Waals surface area contributed by atoms with E-state index in [1.807, 2.05) is 12.1 Å². The number of aromatic nitrogens is 1. The zero-order chi connectivity index (χ0) is 26.6. The van der Waals surface area contributed by atoms with E-state index in [1.54, 1.807) is 50.4 Å². The van der Waals surface area contributed by atoms with Crippen molar-refractivity contribution < 1.29 is 24.4 Å². The summed E-state index contributed by atoms with van der Waals surface area (Å²) in [5.41, 5.74) is 1.82. The molecule has 1 fully saturated rings. The number of ether oxygens (including phenoxy) is 1. The summed E-state index contributed by atoms with van der Waals surface area (Å²) >= 11 is 6.68. The topological polar surface area (TPSA) is 89.3 Å². The number of hydrogen-bond acceptors (Lipinski definition) is 7. The summed E-state index contributed by atoms with van der Waals surface area (Å²) in [6.45, 7) is 5.69. The predicted molar refractivity (Wildman–Crippen MR) is 141 cm³/mol. The van der Waals surface area contributed by atoms with Crippen LogP contribution in [0, 0.1) is 5.82 Å². The highest BCUT2D eigenvalue weighted by atomic mass is 35.5. The summed E-state index contributed by atoms with van der Waals surface area (Å²) in [5.74, 6) is 0.269. The largest absolute Gasteiger partial charge is 0.491 e. The molecule has 1 aliphatic heterocycles. The van der Waals surface area contributed by atoms with Gasteiger partial charge in [-0.15, -0.1) is 0 Å². The quantitative estimate of drug-likeness (QED) is 0.387. The van der Waals surface area contributed by atoms with E-state index < -0.39 is 11.7 Å². The van der Waals surface area contributed by atoms with Crippen LogP contribution in [0.1, 0.15) is 36.7 Å². The van der Waals surface area contributed by atoms with Crippen LogP contribution >= 0.6 is 11.6 Å². The van der Waals surface area contributed by atoms with Gasteiger partial charge in [-0.3, -0.25) is 9.88 Å². The Hall–Kier alpha value is -2.75. The first-order valence-corrected chi connectivity index (χ1v) is 12.7. The molecule has 198 valence electrons. The summed E-state index contributed by atoms with van der Waals surface area (Å²) in [7, 11) is 0. The van der Waals surface area contributed by atoms with Crippen LogP contribution in [0.3, 0.4) is 0 Å². The zero-order valence-corrected chi connectivity index (χ0v) is 21.8. The van der Waals surface area contributed by atoms with Gasteiger partial charge in [0.05, 0.1) is 35.2 Å². The van der Waals surface area contributed by atoms with Crippen molar-refractivity contribution in [1.82, 2.24) is 9.88 Å². The Morgan fingerprint density at radius 3 is 2.54 bits per heavy atom. The fraction of sp³-hybridized carbons (Fsp3) is 0.393. The first kappa shape index (κ1) is 27.3. The smallest absolute Gasteiger partial charge is 0.123 e. The number of hydrogen-bond donors (Lipinski definition) is 3. The number of nitrogens with zero attached hydrogens (tertiary/aromatic N) is 3. The normalized spacial score (nSPS) is 18.9. The van der Waals surface area contributed by atoms with Crippen LogP contribution < -0.4 is 9.64 Å². The molecule has 3 N–H and O–H groups in total. The summed E-state index contributed by atoms with van der Waals surface area (Å²) in [6.07, 6.45) is 1.01. The molecule has 3 atom stereocenters. The van der Waals surface area contributed by atoms with E-state index in [-0.39, 0.29) is 25.1 Å². The molecule has 1 aliphatic rings. The molecule has 4 rings (SSSR count). The van der Waals surface area contributed by atoms with Crippen molar-refractivity contribution in [2.75, 3.05) is 37.7 Å². The highest BCUT2D eigenvalue weighted by molar-refractivity contribution is 6.33. The number of piperazine rings is 1. The Kier molecular flexibility index (Phi) is 8.67. The third-order valence-electron chi connectivity index (χ3n) is 6.58. The molecule has 0 aliphatic carbocycles. The van der Waals surface area contributed by atoms with Gasteiger partial charge in [-0.2, -0.15) is 0 Å². The molecule has 0 unspecified atom stereocenters. The lowest BCUT2D eigenvalue weighted by Gasteiger charge is -2.45. The lowest BCUT2D eigenvalue weighted by molar-refractivity contribution is 0.00997. The molecule has 7 nitrogen and oxygen atoms in total. The van der Waals surface area contributed by atoms with Gasteiger partial charge >= 0.3 is 0 Å². The van der Waals surface area contributed by atoms with E-state index in [1.165, 1.54) is 12.1 Å². The van der Waals surface area contributed by atoms with Gasteiger partial charge in [0.1, 0.15) is 23.8 Å². The van der Waals surface area contributed by atoms with Gasteiger partial charge in [0.15, 0.2) is 0 Å². The molecule has 0 amide bonds. The van der Waals surface area contributed by atoms with E-state index in [2.05, 4.69) is 14.8 Å². The first-order valence-electron chi connectivity index (χ1n) is 12.3. The van der Waals surface area contributed by atoms with E-state index in [9.17, 15) is 19.7 Å². The maximum Gasteiger partial charge on any atom is 0.123 e. The van der Waals surface area contributed by atoms with Gasteiger partial charge in [0.25, 0.3) is 0 Å². The number of β-amino-alcohol motifs (C(OH)–C–C–N with tert-alkyl or cyclic N) is 1. The van der Waals surface area contributed by atoms with Crippen molar-refractivity contribution >= 4 is 17.3 Å². The summed E-state index contributed by atoms with van der Waals surface area (Å²) in [5, 5.41) is 30.6. The highest BCUT2D eigenvalue weighted by Crippen LogP contribution is 2.38. The fourth-order valence-corrected chi connectivity index (χ4v) is 4.91. The number of rotatable bonds is 9. The summed E-state index contributed by atoms with van der Waals surface area (Å²) in [4.78, 5) is 8.58. The number of pyridine rings is 1. The third-order valence-corrected chi connectivity index (χ3v) is 6.88. The van der Waals surface area contributed by atoms with Crippen LogP contribution in [0.25, 0.3) is 0 Å². The Labute approximate surface area is 221 Å². The van der Waals surface area contributed by atoms with Crippen molar-refractivity contribution in [2.24, 2.45) is 0 Å². The van der Waals surface area contributed by atoms with E-state index in [0.717, 1.165) is 11.3 Å². The van der Waals surface area contributed by atoms with Gasteiger partial charge in [0.2, 0.25) is 0 Å². The van der Waals surface area contributed by atoms with Crippen LogP contribution in [0.5, 0.6) is 5.75 Å². The second-order valence-electron chi connectivity index (χ2n) is 9.74. The molecule has 2 heterocycles. The molecule has 3 aromatic rings. The number of aliphatic hydroxyl groups is 3. The molecular formula is C28H33ClFN3O4. The minimum atomic E-state index is -1.16. The molecule has 1 aromatic heterocycles. The lowest BCUT2D eigenvalue weighted by atomic mass is 9.94. The van der Waals surface area contributed by atoms with Gasteiger partial charge in [-0.05, 0) is 49.7 Å². The SMILES string of the molecule is C[C@@H](O)COc1ccc(N2CCN(C[C@@](C)(O)c3ccc(CO)nc3)C[C@H]2c2ccc(F)cc2)c(Cl)c1. The highest BCUT2D eigenvalue weighted by Gasteiger charge is 2.34. The number of benzene rings is 2. The van der Waals surface area contributed by atoms with Crippen LogP contribution in [-0.2, 0) is 12.2 Å². The third kappa shape index (κ3) is 6.77. The van der Waals surface area contributed by atoms with E-state index >= 15 is 0 Å². The van der Waals surface area contributed by atoms with Gasteiger partial charge in [-0.25, -0.2) is 4.39 Å². The van der Waals surface area contributed by atoms with Crippen LogP contribution in [0.4, 0.5) is 10.1 Å². The second kappa shape index (κ2) is 11.8. The van der Waals surface area contributed by atoms with E-state index in [0.29, 0.717) is 48.2 Å². The van der Waals surface area contributed by atoms with Crippen LogP contribution in [0.2, 0.25) is 5.02 Å². The minimum Gasteiger partial charge on any atom is -0.491 e. The monoisotopic (exact) mass is 529 g/mol. The second-order valence-corrected chi connectivity index (χ2v) is 10.1. The molecule has 0 radical (unpaired) electrons. The number of aliphatic hydroxyl groups excluding tert-OH is 2. The van der Waals surface area contributed by atoms with Gasteiger partial charge in [0, 0.05) is 44.0 Å². The Bertz CT molecular complexity index is 1180. The zero-order valence-electron chi connectivity index (χ0n) is 21.0. The summed E-state index contributed by atoms with van der Waals surface area (Å²) in [6, 6.07) is 15.3. The summed E-state index contributed by atoms with van der Waals surface area (Å²) < 4.78 is 19.3. The van der Waals surface area contributed by atoms with Crippen molar-refractivity contribution in [3.05, 3.63) is 88.5 Å². The molecule has 0 saturated carbocycles. The maximum absolute atomic E-state index is 13.7. The van der Waals surface area contributed by atoms with Crippen LogP contribution in [-0.4, -0.2) is 64.1 Å². The fourth-order valence-electron chi connectivity index (χ4n) is 4.63. The van der Waals surface area contributed by atoms with Crippen molar-refractivity contribution in [2.45, 2.75) is 38.2 Å². The Morgan fingerprint density at radius 1 is 1.16 bits per heavy atom. The molecule has 37 heavy (non-hydrogen) atoms. The standard InChI is InChI=1S/C28H33ClFN3O4/c1-19(35)17-37-24-9-10-26(25(29)13-24)33-12-11-32(15-27(33)20-3-6-22(30)7-4-20)18-28(2,36)21-5-8-23(16-34)31-14-21/h3-10,13-14,19,27,34-36H,11-12,15-18H2,1-2H3/t19-,27+,28-/m1/s1. The minimum absolute atomic E-state index is 0.137. The van der Waals surface area contributed by atoms with Gasteiger partial charge in [-0.1, -0.05) is 29.8 Å². The van der Waals surface area contributed by atoms with Crippen molar-refractivity contribution in [1.29, 1.82) is 0 Å². The first-order chi connectivity index (χ1) is 17.7.